The van der Waals surface area contributed by atoms with Gasteiger partial charge in [-0.2, -0.15) is 0 Å². The van der Waals surface area contributed by atoms with Crippen molar-refractivity contribution in [1.29, 1.82) is 0 Å². The van der Waals surface area contributed by atoms with Gasteiger partial charge < -0.3 is 9.47 Å². The maximum absolute atomic E-state index is 5.78. The van der Waals surface area contributed by atoms with E-state index in [1.807, 2.05) is 36.4 Å². The molecule has 4 atom stereocenters. The summed E-state index contributed by atoms with van der Waals surface area (Å²) in [4.78, 5) is 17.3. The molecule has 0 amide bonds. The Morgan fingerprint density at radius 3 is 1.50 bits per heavy atom. The minimum atomic E-state index is -0.00938. The van der Waals surface area contributed by atoms with Gasteiger partial charge in [0, 0.05) is 24.8 Å². The molecular weight excluding hydrogens is 438 g/mol. The summed E-state index contributed by atoms with van der Waals surface area (Å²) in [5.74, 6) is -0.0188. The number of pyridine rings is 2. The van der Waals surface area contributed by atoms with Crippen molar-refractivity contribution >= 4 is 30.9 Å². The number of aromatic nitrogens is 2. The Morgan fingerprint density at radius 2 is 1.12 bits per heavy atom. The first-order valence-electron chi connectivity index (χ1n) is 10.3. The van der Waals surface area contributed by atoms with Crippen LogP contribution in [0.2, 0.25) is 0 Å². The van der Waals surface area contributed by atoms with Gasteiger partial charge in [0.05, 0.1) is 49.4 Å². The number of nitrogens with zero attached hydrogens (tertiary/aromatic N) is 4. The number of rotatable bonds is 12. The average molecular weight is 466 g/mol. The van der Waals surface area contributed by atoms with E-state index < -0.39 is 0 Å². The van der Waals surface area contributed by atoms with Gasteiger partial charge in [0.1, 0.15) is 0 Å². The summed E-state index contributed by atoms with van der Waals surface area (Å²) >= 11 is 0. The molecule has 0 aliphatic heterocycles. The molecule has 0 radical (unpaired) electrons. The minimum absolute atomic E-state index is 0.00938. The lowest BCUT2D eigenvalue weighted by Crippen LogP contribution is -2.07. The lowest BCUT2D eigenvalue weighted by Gasteiger charge is -2.10. The predicted molar refractivity (Wildman–Crippen MR) is 136 cm³/mol. The van der Waals surface area contributed by atoms with Gasteiger partial charge in [0.2, 0.25) is 0 Å². The van der Waals surface area contributed by atoms with Gasteiger partial charge in [0.15, 0.2) is 0 Å². The van der Waals surface area contributed by atoms with E-state index in [1.165, 1.54) is 0 Å². The normalized spacial score (nSPS) is 13.6. The fraction of sp³-hybridized carbons (Fsp3) is 0.250. The molecule has 0 saturated carbocycles. The largest absolute Gasteiger partial charge is 0.374 e. The fourth-order valence-corrected chi connectivity index (χ4v) is 3.11. The van der Waals surface area contributed by atoms with Crippen LogP contribution in [0, 0.1) is 0 Å². The molecule has 3 rings (SSSR count). The van der Waals surface area contributed by atoms with Crippen molar-refractivity contribution in [2.24, 2.45) is 9.98 Å². The van der Waals surface area contributed by atoms with Crippen molar-refractivity contribution in [2.45, 2.75) is 24.8 Å². The summed E-state index contributed by atoms with van der Waals surface area (Å²) in [6.07, 6.45) is 7.03. The molecule has 1 aromatic carbocycles. The molecule has 3 aromatic rings. The van der Waals surface area contributed by atoms with Crippen LogP contribution in [0.4, 0.5) is 0 Å². The lowest BCUT2D eigenvalue weighted by molar-refractivity contribution is 0.121. The molecule has 2 aromatic heterocycles. The first-order valence-corrected chi connectivity index (χ1v) is 11.7. The van der Waals surface area contributed by atoms with Crippen molar-refractivity contribution in [2.75, 3.05) is 13.2 Å². The van der Waals surface area contributed by atoms with Crippen LogP contribution in [0.1, 0.15) is 22.5 Å². The molecule has 0 N–H and O–H groups in total. The van der Waals surface area contributed by atoms with Crippen LogP contribution in [-0.4, -0.2) is 47.2 Å². The number of ether oxygens (including phenoxy) is 2. The van der Waals surface area contributed by atoms with Crippen molar-refractivity contribution in [3.05, 3.63) is 95.6 Å². The van der Waals surface area contributed by atoms with Gasteiger partial charge in [-0.25, -0.2) is 0 Å². The van der Waals surface area contributed by atoms with E-state index in [1.54, 1.807) is 24.8 Å². The molecular formula is C24H28N4O2P2. The number of hydrogen-bond acceptors (Lipinski definition) is 6. The van der Waals surface area contributed by atoms with E-state index in [9.17, 15) is 0 Å². The van der Waals surface area contributed by atoms with Gasteiger partial charge in [0.25, 0.3) is 0 Å². The maximum Gasteiger partial charge on any atom is 0.0868 e. The topological polar surface area (TPSA) is 69.0 Å². The Labute approximate surface area is 194 Å². The number of benzene rings is 1. The fourth-order valence-electron chi connectivity index (χ4n) is 2.66. The standard InChI is InChI=1S/C24H28N4O2P2/c31-23(27-13-21-5-1-3-11-25-21)17-29-15-19-7-9-20(10-8-19)16-30-18-24(32)28-14-22-6-2-4-12-26-22/h1-14,23-24H,15-18,31-32H2. The van der Waals surface area contributed by atoms with Crippen LogP contribution in [0.5, 0.6) is 0 Å². The van der Waals surface area contributed by atoms with Crippen molar-refractivity contribution in [3.8, 4) is 0 Å². The smallest absolute Gasteiger partial charge is 0.0868 e. The maximum atomic E-state index is 5.78. The third-order valence-electron chi connectivity index (χ3n) is 4.31. The number of hydrogen-bond donors (Lipinski definition) is 0. The van der Waals surface area contributed by atoms with E-state index >= 15 is 0 Å². The van der Waals surface area contributed by atoms with Crippen LogP contribution in [0.25, 0.3) is 0 Å². The van der Waals surface area contributed by atoms with E-state index in [4.69, 9.17) is 9.47 Å². The summed E-state index contributed by atoms with van der Waals surface area (Å²) in [6.45, 7) is 2.13. The van der Waals surface area contributed by atoms with Crippen LogP contribution >= 0.6 is 18.5 Å². The summed E-state index contributed by atoms with van der Waals surface area (Å²) in [6, 6.07) is 19.7. The monoisotopic (exact) mass is 466 g/mol. The lowest BCUT2D eigenvalue weighted by atomic mass is 10.1. The van der Waals surface area contributed by atoms with Crippen molar-refractivity contribution in [1.82, 2.24) is 9.97 Å². The molecule has 32 heavy (non-hydrogen) atoms. The minimum Gasteiger partial charge on any atom is -0.374 e. The first kappa shape index (κ1) is 24.3. The van der Waals surface area contributed by atoms with Gasteiger partial charge in [-0.3, -0.25) is 20.0 Å². The molecule has 6 nitrogen and oxygen atoms in total. The highest BCUT2D eigenvalue weighted by molar-refractivity contribution is 7.17. The second-order valence-electron chi connectivity index (χ2n) is 7.05. The molecule has 2 heterocycles. The zero-order chi connectivity index (χ0) is 22.4. The van der Waals surface area contributed by atoms with Gasteiger partial charge >= 0.3 is 0 Å². The van der Waals surface area contributed by atoms with Gasteiger partial charge in [-0.1, -0.05) is 36.4 Å². The SMILES string of the molecule is PC(COCc1ccc(COCC(P)N=Cc2ccccn2)cc1)N=Cc1ccccn1. The summed E-state index contributed by atoms with van der Waals surface area (Å²) in [5, 5.41) is 0. The Kier molecular flexibility index (Phi) is 10.6. The van der Waals surface area contributed by atoms with Crippen molar-refractivity contribution in [3.63, 3.8) is 0 Å². The summed E-state index contributed by atoms with van der Waals surface area (Å²) < 4.78 is 11.6. The molecule has 0 aliphatic rings. The molecule has 8 heteroatoms. The van der Waals surface area contributed by atoms with E-state index in [0.29, 0.717) is 26.4 Å². The second kappa shape index (κ2) is 13.9. The highest BCUT2D eigenvalue weighted by atomic mass is 31.0. The van der Waals surface area contributed by atoms with Crippen LogP contribution in [-0.2, 0) is 22.7 Å². The Bertz CT molecular complexity index is 890. The average Bonchev–Trinajstić information content (AvgIpc) is 2.84. The Hall–Kier alpha value is -2.36. The molecule has 166 valence electrons. The van der Waals surface area contributed by atoms with Gasteiger partial charge in [-0.05, 0) is 35.4 Å². The Balaban J connectivity index is 1.32. The zero-order valence-corrected chi connectivity index (χ0v) is 20.1. The first-order chi connectivity index (χ1) is 15.7. The van der Waals surface area contributed by atoms with E-state index in [-0.39, 0.29) is 11.6 Å². The predicted octanol–water partition coefficient (Wildman–Crippen LogP) is 4.15. The third-order valence-corrected chi connectivity index (χ3v) is 5.04. The van der Waals surface area contributed by atoms with Crippen LogP contribution in [0.15, 0.2) is 83.0 Å². The van der Waals surface area contributed by atoms with Crippen molar-refractivity contribution < 1.29 is 9.47 Å². The second-order valence-corrected chi connectivity index (χ2v) is 8.59. The van der Waals surface area contributed by atoms with Crippen LogP contribution in [0.3, 0.4) is 0 Å². The zero-order valence-electron chi connectivity index (χ0n) is 17.8. The molecule has 4 unspecified atom stereocenters. The van der Waals surface area contributed by atoms with Gasteiger partial charge in [-0.15, -0.1) is 18.5 Å². The number of aliphatic imine (C=N–C) groups is 2. The van der Waals surface area contributed by atoms with E-state index in [2.05, 4.69) is 62.7 Å². The summed E-state index contributed by atoms with van der Waals surface area (Å²) in [5.41, 5.74) is 3.91. The highest BCUT2D eigenvalue weighted by Gasteiger charge is 2.02. The van der Waals surface area contributed by atoms with E-state index in [0.717, 1.165) is 22.5 Å². The Morgan fingerprint density at radius 1 is 0.688 bits per heavy atom. The molecule has 0 bridgehead atoms. The molecule has 0 aliphatic carbocycles. The third kappa shape index (κ3) is 9.42. The molecule has 0 fully saturated rings. The quantitative estimate of drug-likeness (QED) is 0.297. The molecule has 0 spiro atoms. The summed E-state index contributed by atoms with van der Waals surface area (Å²) in [7, 11) is 5.37. The highest BCUT2D eigenvalue weighted by Crippen LogP contribution is 2.11. The molecule has 0 saturated heterocycles. The van der Waals surface area contributed by atoms with Crippen LogP contribution < -0.4 is 0 Å².